The number of phenolic OH excluding ortho intramolecular Hbond substituents is 2. The number of aromatic nitrogens is 2. The van der Waals surface area contributed by atoms with Crippen LogP contribution in [0.25, 0.3) is 44.5 Å². The number of benzene rings is 4. The zero-order chi connectivity index (χ0) is 43.2. The van der Waals surface area contributed by atoms with E-state index in [0.29, 0.717) is 29.7 Å². The number of rotatable bonds is 10. The molecule has 63 heavy (non-hydrogen) atoms. The van der Waals surface area contributed by atoms with Gasteiger partial charge in [0, 0.05) is 52.2 Å². The summed E-state index contributed by atoms with van der Waals surface area (Å²) in [7, 11) is 0. The standard InChI is InChI=1S/C57H62N2O4/c1-34-27-48(54(60)50(29-34)52-42-19-9-5-15-38(42)32-39-16-6-10-20-43(39)52)46-23-13-25-58-56(46)62-36(3)31-37(4)63-57-47(24-14-26-59-57)49-28-35(2)30-51(55(49)61)53-44-21-11-7-17-40(44)33-41-18-8-12-22-45(41)53/h13-14,23-30,32-33,36-37,60-61H,5-12,15-22,31H2,1-4H3/t36-,37-/m0/s1. The van der Waals surface area contributed by atoms with Crippen molar-refractivity contribution in [3.63, 3.8) is 0 Å². The van der Waals surface area contributed by atoms with E-state index in [2.05, 4.69) is 50.2 Å². The molecule has 0 spiro atoms. The molecule has 6 nitrogen and oxygen atoms in total. The molecule has 10 rings (SSSR count). The number of aryl methyl sites for hydroxylation is 6. The van der Waals surface area contributed by atoms with E-state index in [4.69, 9.17) is 19.4 Å². The molecular formula is C57H62N2O4. The van der Waals surface area contributed by atoms with Gasteiger partial charge >= 0.3 is 0 Å². The molecule has 0 amide bonds. The SMILES string of the molecule is Cc1cc(-c2cccnc2O[C@@H](C)C[C@H](C)Oc2ncccc2-c2cc(C)cc(-c3c4c(cc5c3CCCC5)CCCC4)c2O)c(O)c(-c2c3c(cc4c2CCCC4)CCCC3)c1. The lowest BCUT2D eigenvalue weighted by molar-refractivity contribution is 0.125. The Labute approximate surface area is 373 Å². The smallest absolute Gasteiger partial charge is 0.221 e. The molecule has 0 saturated heterocycles. The minimum atomic E-state index is -0.269. The highest BCUT2D eigenvalue weighted by molar-refractivity contribution is 5.89. The first-order valence-electron chi connectivity index (χ1n) is 24.0. The van der Waals surface area contributed by atoms with Gasteiger partial charge in [-0.05, 0) is 246 Å². The van der Waals surface area contributed by atoms with Gasteiger partial charge in [0.25, 0.3) is 0 Å². The summed E-state index contributed by atoms with van der Waals surface area (Å²) in [5.74, 6) is 1.57. The highest BCUT2D eigenvalue weighted by Gasteiger charge is 2.29. The third kappa shape index (κ3) is 8.00. The van der Waals surface area contributed by atoms with Gasteiger partial charge in [0.2, 0.25) is 11.8 Å². The Morgan fingerprint density at radius 3 is 1.16 bits per heavy atom. The van der Waals surface area contributed by atoms with Crippen molar-refractivity contribution >= 4 is 0 Å². The van der Waals surface area contributed by atoms with Crippen molar-refractivity contribution in [1.82, 2.24) is 9.97 Å². The summed E-state index contributed by atoms with van der Waals surface area (Å²) in [4.78, 5) is 9.49. The van der Waals surface area contributed by atoms with Crippen LogP contribution in [0.2, 0.25) is 0 Å². The fraction of sp³-hybridized carbons (Fsp3) is 0.404. The van der Waals surface area contributed by atoms with Crippen molar-refractivity contribution in [2.75, 3.05) is 0 Å². The number of ether oxygens (including phenoxy) is 2. The van der Waals surface area contributed by atoms with E-state index in [1.807, 2.05) is 38.1 Å². The largest absolute Gasteiger partial charge is 0.507 e. The topological polar surface area (TPSA) is 84.7 Å². The van der Waals surface area contributed by atoms with Crippen LogP contribution in [0.15, 0.2) is 73.1 Å². The number of phenols is 2. The Morgan fingerprint density at radius 1 is 0.460 bits per heavy atom. The third-order valence-corrected chi connectivity index (χ3v) is 14.4. The first-order chi connectivity index (χ1) is 30.7. The van der Waals surface area contributed by atoms with Crippen molar-refractivity contribution in [2.45, 2.75) is 149 Å². The molecule has 4 aliphatic rings. The lowest BCUT2D eigenvalue weighted by Gasteiger charge is -2.29. The average Bonchev–Trinajstić information content (AvgIpc) is 3.29. The van der Waals surface area contributed by atoms with Gasteiger partial charge in [0.15, 0.2) is 0 Å². The second-order valence-electron chi connectivity index (χ2n) is 19.1. The van der Waals surface area contributed by atoms with Gasteiger partial charge < -0.3 is 19.7 Å². The lowest BCUT2D eigenvalue weighted by atomic mass is 9.76. The van der Waals surface area contributed by atoms with Crippen LogP contribution in [-0.2, 0) is 51.4 Å². The molecule has 4 aromatic carbocycles. The van der Waals surface area contributed by atoms with Crippen LogP contribution in [-0.4, -0.2) is 32.4 Å². The number of aromatic hydroxyl groups is 2. The number of pyridine rings is 2. The van der Waals surface area contributed by atoms with Crippen LogP contribution in [0.4, 0.5) is 0 Å². The fourth-order valence-corrected chi connectivity index (χ4v) is 11.6. The summed E-state index contributed by atoms with van der Waals surface area (Å²) in [6.45, 7) is 8.33. The average molecular weight is 839 g/mol. The van der Waals surface area contributed by atoms with Crippen molar-refractivity contribution in [3.05, 3.63) is 129 Å². The molecule has 2 N–H and O–H groups in total. The van der Waals surface area contributed by atoms with E-state index in [0.717, 1.165) is 95.9 Å². The van der Waals surface area contributed by atoms with E-state index in [1.165, 1.54) is 107 Å². The maximum atomic E-state index is 12.3. The van der Waals surface area contributed by atoms with Crippen molar-refractivity contribution in [2.24, 2.45) is 0 Å². The van der Waals surface area contributed by atoms with Gasteiger partial charge in [-0.1, -0.05) is 12.1 Å². The second kappa shape index (κ2) is 17.5. The molecular weight excluding hydrogens is 777 g/mol. The predicted octanol–water partition coefficient (Wildman–Crippen LogP) is 13.3. The first kappa shape index (κ1) is 41.4. The number of hydrogen-bond donors (Lipinski definition) is 2. The van der Waals surface area contributed by atoms with E-state index >= 15 is 0 Å². The summed E-state index contributed by atoms with van der Waals surface area (Å²) < 4.78 is 13.3. The molecule has 2 aromatic heterocycles. The Hall–Kier alpha value is -5.62. The highest BCUT2D eigenvalue weighted by Crippen LogP contribution is 2.49. The van der Waals surface area contributed by atoms with Gasteiger partial charge in [0.1, 0.15) is 23.7 Å². The first-order valence-corrected chi connectivity index (χ1v) is 24.0. The zero-order valence-corrected chi connectivity index (χ0v) is 37.7. The van der Waals surface area contributed by atoms with Gasteiger partial charge in [-0.25, -0.2) is 9.97 Å². The summed E-state index contributed by atoms with van der Waals surface area (Å²) in [5.41, 5.74) is 21.3. The second-order valence-corrected chi connectivity index (χ2v) is 19.1. The minimum absolute atomic E-state index is 0.269. The quantitative estimate of drug-likeness (QED) is 0.143. The van der Waals surface area contributed by atoms with Crippen molar-refractivity contribution in [3.8, 4) is 67.8 Å². The number of nitrogens with zero attached hydrogens (tertiary/aromatic N) is 2. The molecule has 2 atom stereocenters. The fourth-order valence-electron chi connectivity index (χ4n) is 11.6. The van der Waals surface area contributed by atoms with E-state index in [1.54, 1.807) is 12.4 Å². The van der Waals surface area contributed by atoms with Crippen LogP contribution >= 0.6 is 0 Å². The molecule has 2 heterocycles. The zero-order valence-electron chi connectivity index (χ0n) is 37.7. The number of hydrogen-bond acceptors (Lipinski definition) is 6. The molecule has 0 saturated carbocycles. The molecule has 324 valence electrons. The molecule has 6 aromatic rings. The van der Waals surface area contributed by atoms with E-state index in [9.17, 15) is 10.2 Å². The summed E-state index contributed by atoms with van der Waals surface area (Å²) >= 11 is 0. The van der Waals surface area contributed by atoms with E-state index < -0.39 is 0 Å². The number of fused-ring (bicyclic) bond motifs is 4. The summed E-state index contributed by atoms with van der Waals surface area (Å²) in [6.07, 6.45) is 21.9. The minimum Gasteiger partial charge on any atom is -0.507 e. The van der Waals surface area contributed by atoms with Gasteiger partial charge in [-0.3, -0.25) is 0 Å². The normalized spacial score (nSPS) is 16.6. The maximum Gasteiger partial charge on any atom is 0.221 e. The van der Waals surface area contributed by atoms with Crippen molar-refractivity contribution in [1.29, 1.82) is 0 Å². The molecule has 6 heteroatoms. The summed E-state index contributed by atoms with van der Waals surface area (Å²) in [5, 5.41) is 24.6. The third-order valence-electron chi connectivity index (χ3n) is 14.4. The molecule has 0 aliphatic heterocycles. The van der Waals surface area contributed by atoms with E-state index in [-0.39, 0.29) is 12.2 Å². The Balaban J connectivity index is 0.923. The Morgan fingerprint density at radius 2 is 0.794 bits per heavy atom. The molecule has 4 aliphatic carbocycles. The van der Waals surface area contributed by atoms with Crippen LogP contribution in [0.3, 0.4) is 0 Å². The molecule has 0 bridgehead atoms. The van der Waals surface area contributed by atoms with Crippen LogP contribution < -0.4 is 9.47 Å². The summed E-state index contributed by atoms with van der Waals surface area (Å²) in [6, 6.07) is 21.3. The van der Waals surface area contributed by atoms with Crippen LogP contribution in [0.5, 0.6) is 23.3 Å². The monoisotopic (exact) mass is 838 g/mol. The molecule has 0 radical (unpaired) electrons. The highest BCUT2D eigenvalue weighted by atomic mass is 16.5. The maximum absolute atomic E-state index is 12.3. The Bertz CT molecular complexity index is 2460. The van der Waals surface area contributed by atoms with Gasteiger partial charge in [-0.2, -0.15) is 0 Å². The van der Waals surface area contributed by atoms with Gasteiger partial charge in [-0.15, -0.1) is 0 Å². The Kier molecular flexibility index (Phi) is 11.5. The van der Waals surface area contributed by atoms with Crippen molar-refractivity contribution < 1.29 is 19.7 Å². The molecule has 0 fully saturated rings. The van der Waals surface area contributed by atoms with Gasteiger partial charge in [0.05, 0.1) is 0 Å². The van der Waals surface area contributed by atoms with Crippen LogP contribution in [0.1, 0.15) is 127 Å². The lowest BCUT2D eigenvalue weighted by Crippen LogP contribution is -2.23. The molecule has 0 unspecified atom stereocenters. The predicted molar refractivity (Wildman–Crippen MR) is 254 cm³/mol. The van der Waals surface area contributed by atoms with Crippen LogP contribution in [0, 0.1) is 13.8 Å².